The molecule has 0 aliphatic carbocycles. The normalized spacial score (nSPS) is 11.2. The van der Waals surface area contributed by atoms with E-state index >= 15 is 0 Å². The second kappa shape index (κ2) is 9.07. The van der Waals surface area contributed by atoms with Crippen molar-refractivity contribution < 1.29 is 18.0 Å². The van der Waals surface area contributed by atoms with Gasteiger partial charge in [0.1, 0.15) is 6.54 Å². The molecule has 150 valence electrons. The highest BCUT2D eigenvalue weighted by molar-refractivity contribution is 7.92. The Morgan fingerprint density at radius 1 is 1.07 bits per heavy atom. The van der Waals surface area contributed by atoms with Crippen LogP contribution in [0.1, 0.15) is 24.2 Å². The molecule has 2 aromatic rings. The standard InChI is InChI=1S/C19H22ClN3O4S/c1-13(2)21-19(25)14-8-4-6-10-16(14)22-18(24)12-23(28(3,26)27)17-11-7-5-9-15(17)20/h4-11,13H,12H2,1-3H3,(H,21,25)(H,22,24). The van der Waals surface area contributed by atoms with Crippen molar-refractivity contribution in [2.45, 2.75) is 19.9 Å². The highest BCUT2D eigenvalue weighted by atomic mass is 35.5. The van der Waals surface area contributed by atoms with Crippen LogP contribution in [0.5, 0.6) is 0 Å². The number of nitrogens with zero attached hydrogens (tertiary/aromatic N) is 1. The average Bonchev–Trinajstić information content (AvgIpc) is 2.59. The van der Waals surface area contributed by atoms with E-state index in [-0.39, 0.29) is 28.2 Å². The molecule has 0 aliphatic rings. The maximum atomic E-state index is 12.6. The molecule has 0 radical (unpaired) electrons. The van der Waals surface area contributed by atoms with Crippen LogP contribution >= 0.6 is 11.6 Å². The van der Waals surface area contributed by atoms with Gasteiger partial charge in [-0.2, -0.15) is 0 Å². The molecule has 7 nitrogen and oxygen atoms in total. The topological polar surface area (TPSA) is 95.6 Å². The van der Waals surface area contributed by atoms with Crippen LogP contribution in [0.4, 0.5) is 11.4 Å². The molecule has 0 fully saturated rings. The Morgan fingerprint density at radius 3 is 2.29 bits per heavy atom. The molecule has 0 saturated heterocycles. The molecular formula is C19H22ClN3O4S. The summed E-state index contributed by atoms with van der Waals surface area (Å²) in [6.45, 7) is 3.17. The Morgan fingerprint density at radius 2 is 1.68 bits per heavy atom. The fraction of sp³-hybridized carbons (Fsp3) is 0.263. The lowest BCUT2D eigenvalue weighted by Crippen LogP contribution is -2.38. The van der Waals surface area contributed by atoms with E-state index in [9.17, 15) is 18.0 Å². The van der Waals surface area contributed by atoms with Crippen LogP contribution in [-0.4, -0.2) is 39.1 Å². The number of rotatable bonds is 7. The molecule has 0 saturated carbocycles. The van der Waals surface area contributed by atoms with Crippen LogP contribution in [0, 0.1) is 0 Å². The SMILES string of the molecule is CC(C)NC(=O)c1ccccc1NC(=O)CN(c1ccccc1Cl)S(C)(=O)=O. The van der Waals surface area contributed by atoms with Gasteiger partial charge < -0.3 is 10.6 Å². The van der Waals surface area contributed by atoms with Gasteiger partial charge in [0.05, 0.1) is 28.2 Å². The summed E-state index contributed by atoms with van der Waals surface area (Å²) in [7, 11) is -3.76. The molecule has 0 heterocycles. The lowest BCUT2D eigenvalue weighted by atomic mass is 10.1. The first-order valence-corrected chi connectivity index (χ1v) is 10.7. The van der Waals surface area contributed by atoms with Gasteiger partial charge in [-0.1, -0.05) is 35.9 Å². The molecule has 2 aromatic carbocycles. The molecular weight excluding hydrogens is 402 g/mol. The summed E-state index contributed by atoms with van der Waals surface area (Å²) in [6, 6.07) is 12.8. The monoisotopic (exact) mass is 423 g/mol. The summed E-state index contributed by atoms with van der Waals surface area (Å²) >= 11 is 6.09. The third-order valence-electron chi connectivity index (χ3n) is 3.67. The van der Waals surface area contributed by atoms with Gasteiger partial charge in [-0.15, -0.1) is 0 Å². The van der Waals surface area contributed by atoms with Gasteiger partial charge in [-0.05, 0) is 38.1 Å². The lowest BCUT2D eigenvalue weighted by Gasteiger charge is -2.23. The van der Waals surface area contributed by atoms with Crippen LogP contribution in [0.3, 0.4) is 0 Å². The zero-order valence-corrected chi connectivity index (χ0v) is 17.3. The number of benzene rings is 2. The van der Waals surface area contributed by atoms with E-state index in [0.29, 0.717) is 5.69 Å². The summed E-state index contributed by atoms with van der Waals surface area (Å²) in [5.41, 5.74) is 0.777. The second-order valence-corrected chi connectivity index (χ2v) is 8.76. The fourth-order valence-corrected chi connectivity index (χ4v) is 3.64. The molecule has 0 spiro atoms. The number of carbonyl (C=O) groups is 2. The summed E-state index contributed by atoms with van der Waals surface area (Å²) in [5.74, 6) is -0.938. The first kappa shape index (κ1) is 21.7. The van der Waals surface area contributed by atoms with Crippen LogP contribution in [0.2, 0.25) is 5.02 Å². The number of sulfonamides is 1. The Labute approximate surface area is 169 Å². The molecule has 0 atom stereocenters. The number of amides is 2. The van der Waals surface area contributed by atoms with Crippen LogP contribution in [-0.2, 0) is 14.8 Å². The molecule has 0 unspecified atom stereocenters. The fourth-order valence-electron chi connectivity index (χ4n) is 2.49. The molecule has 0 aliphatic heterocycles. The van der Waals surface area contributed by atoms with E-state index in [1.807, 2.05) is 13.8 Å². The van der Waals surface area contributed by atoms with Crippen molar-refractivity contribution in [3.05, 3.63) is 59.1 Å². The number of anilines is 2. The zero-order valence-electron chi connectivity index (χ0n) is 15.8. The maximum Gasteiger partial charge on any atom is 0.253 e. The molecule has 0 aromatic heterocycles. The van der Waals surface area contributed by atoms with E-state index in [0.717, 1.165) is 10.6 Å². The van der Waals surface area contributed by atoms with Gasteiger partial charge in [0.2, 0.25) is 15.9 Å². The number of hydrogen-bond donors (Lipinski definition) is 2. The van der Waals surface area contributed by atoms with Crippen LogP contribution in [0.25, 0.3) is 0 Å². The number of nitrogens with one attached hydrogen (secondary N) is 2. The number of halogens is 1. The Balaban J connectivity index is 2.25. The molecule has 28 heavy (non-hydrogen) atoms. The maximum absolute atomic E-state index is 12.6. The van der Waals surface area contributed by atoms with Crippen LogP contribution in [0.15, 0.2) is 48.5 Å². The summed E-state index contributed by atoms with van der Waals surface area (Å²) in [6.07, 6.45) is 0.994. The Kier molecular flexibility index (Phi) is 7.04. The third kappa shape index (κ3) is 5.71. The van der Waals surface area contributed by atoms with E-state index in [1.54, 1.807) is 42.5 Å². The first-order chi connectivity index (χ1) is 13.1. The zero-order chi connectivity index (χ0) is 20.9. The third-order valence-corrected chi connectivity index (χ3v) is 5.12. The Hall–Kier alpha value is -2.58. The molecule has 2 rings (SSSR count). The molecule has 9 heteroatoms. The first-order valence-electron chi connectivity index (χ1n) is 8.51. The summed E-state index contributed by atoms with van der Waals surface area (Å²) in [4.78, 5) is 24.9. The quantitative estimate of drug-likeness (QED) is 0.715. The van der Waals surface area contributed by atoms with Crippen molar-refractivity contribution in [2.24, 2.45) is 0 Å². The molecule has 2 amide bonds. The minimum atomic E-state index is -3.76. The lowest BCUT2D eigenvalue weighted by molar-refractivity contribution is -0.114. The van der Waals surface area contributed by atoms with Crippen LogP contribution < -0.4 is 14.9 Å². The highest BCUT2D eigenvalue weighted by Gasteiger charge is 2.23. The second-order valence-electron chi connectivity index (χ2n) is 6.44. The largest absolute Gasteiger partial charge is 0.350 e. The van der Waals surface area contributed by atoms with Crippen molar-refractivity contribution in [3.8, 4) is 0 Å². The van der Waals surface area contributed by atoms with Crippen molar-refractivity contribution in [3.63, 3.8) is 0 Å². The highest BCUT2D eigenvalue weighted by Crippen LogP contribution is 2.27. The van der Waals surface area contributed by atoms with Gasteiger partial charge in [0, 0.05) is 6.04 Å². The van der Waals surface area contributed by atoms with Crippen molar-refractivity contribution in [2.75, 3.05) is 22.4 Å². The van der Waals surface area contributed by atoms with Gasteiger partial charge in [0.15, 0.2) is 0 Å². The van der Waals surface area contributed by atoms with Gasteiger partial charge in [-0.3, -0.25) is 13.9 Å². The van der Waals surface area contributed by atoms with Crippen molar-refractivity contribution in [1.29, 1.82) is 0 Å². The predicted molar refractivity (Wildman–Crippen MR) is 111 cm³/mol. The van der Waals surface area contributed by atoms with E-state index in [1.165, 1.54) is 6.07 Å². The van der Waals surface area contributed by atoms with Crippen molar-refractivity contribution >= 4 is 44.8 Å². The number of hydrogen-bond acceptors (Lipinski definition) is 4. The van der Waals surface area contributed by atoms with E-state index < -0.39 is 22.5 Å². The van der Waals surface area contributed by atoms with Gasteiger partial charge in [-0.25, -0.2) is 8.42 Å². The number of carbonyl (C=O) groups excluding carboxylic acids is 2. The van der Waals surface area contributed by atoms with E-state index in [2.05, 4.69) is 10.6 Å². The molecule has 2 N–H and O–H groups in total. The Bertz CT molecular complexity index is 977. The molecule has 0 bridgehead atoms. The van der Waals surface area contributed by atoms with Crippen molar-refractivity contribution in [1.82, 2.24) is 5.32 Å². The van der Waals surface area contributed by atoms with Gasteiger partial charge in [0.25, 0.3) is 5.91 Å². The average molecular weight is 424 g/mol. The minimum Gasteiger partial charge on any atom is -0.350 e. The summed E-state index contributed by atoms with van der Waals surface area (Å²) < 4.78 is 25.3. The van der Waals surface area contributed by atoms with E-state index in [4.69, 9.17) is 11.6 Å². The van der Waals surface area contributed by atoms with Gasteiger partial charge >= 0.3 is 0 Å². The summed E-state index contributed by atoms with van der Waals surface area (Å²) in [5, 5.41) is 5.57. The smallest absolute Gasteiger partial charge is 0.253 e. The number of para-hydroxylation sites is 2. The minimum absolute atomic E-state index is 0.0720. The predicted octanol–water partition coefficient (Wildman–Crippen LogP) is 2.88.